The third-order valence-corrected chi connectivity index (χ3v) is 4.89. The van der Waals surface area contributed by atoms with Crippen LogP contribution in [0.15, 0.2) is 54.6 Å². The van der Waals surface area contributed by atoms with Crippen LogP contribution in [0.5, 0.6) is 5.75 Å². The molecule has 1 atom stereocenters. The molecular formula is C21H21N3O3. The molecule has 0 radical (unpaired) electrons. The number of benzene rings is 2. The summed E-state index contributed by atoms with van der Waals surface area (Å²) in [5, 5.41) is 0.807. The summed E-state index contributed by atoms with van der Waals surface area (Å²) in [6.07, 6.45) is 0.652. The van der Waals surface area contributed by atoms with Gasteiger partial charge in [0.2, 0.25) is 0 Å². The number of carbonyl (C=O) groups is 2. The van der Waals surface area contributed by atoms with Gasteiger partial charge >= 0.3 is 0 Å². The molecule has 3 aromatic rings. The van der Waals surface area contributed by atoms with E-state index in [1.165, 1.54) is 4.57 Å². The molecule has 138 valence electrons. The van der Waals surface area contributed by atoms with Crippen molar-refractivity contribution in [1.82, 2.24) is 9.47 Å². The molecule has 6 nitrogen and oxygen atoms in total. The molecule has 6 heteroatoms. The van der Waals surface area contributed by atoms with Gasteiger partial charge in [-0.1, -0.05) is 30.3 Å². The zero-order chi connectivity index (χ0) is 19.0. The molecule has 0 saturated heterocycles. The number of fused-ring (bicyclic) bond motifs is 3. The normalized spacial score (nSPS) is 15.1. The molecule has 0 bridgehead atoms. The molecule has 1 amide bonds. The predicted molar refractivity (Wildman–Crippen MR) is 103 cm³/mol. The Balaban J connectivity index is 1.58. The molecule has 1 aliphatic rings. The fourth-order valence-corrected chi connectivity index (χ4v) is 3.63. The van der Waals surface area contributed by atoms with Crippen LogP contribution in [0.1, 0.15) is 20.8 Å². The van der Waals surface area contributed by atoms with Crippen molar-refractivity contribution in [3.63, 3.8) is 0 Å². The predicted octanol–water partition coefficient (Wildman–Crippen LogP) is 2.32. The maximum absolute atomic E-state index is 12.9. The standard InChI is InChI=1S/C21H21N3O3/c1-27-17-7-8-18-15(10-17)11-19-21(26)23(13-20(25)24(18)19)12-16(22)9-14-5-3-2-4-6-14/h2-8,10-11,16H,9,12-13,22H2,1H3/t16-/m0/s1. The van der Waals surface area contributed by atoms with Gasteiger partial charge in [0, 0.05) is 18.0 Å². The minimum atomic E-state index is -0.236. The van der Waals surface area contributed by atoms with Gasteiger partial charge in [0.05, 0.1) is 12.6 Å². The summed E-state index contributed by atoms with van der Waals surface area (Å²) in [4.78, 5) is 27.2. The van der Waals surface area contributed by atoms with E-state index in [2.05, 4.69) is 0 Å². The first kappa shape index (κ1) is 17.3. The van der Waals surface area contributed by atoms with Crippen molar-refractivity contribution in [3.05, 3.63) is 65.9 Å². The Morgan fingerprint density at radius 1 is 1.11 bits per heavy atom. The lowest BCUT2D eigenvalue weighted by Crippen LogP contribution is -2.49. The Morgan fingerprint density at radius 3 is 2.63 bits per heavy atom. The SMILES string of the molecule is COc1ccc2c(c1)cc1n2C(=O)CN(C[C@@H](N)Cc2ccccc2)C1=O. The maximum atomic E-state index is 12.9. The quantitative estimate of drug-likeness (QED) is 0.755. The van der Waals surface area contributed by atoms with Crippen molar-refractivity contribution < 1.29 is 14.3 Å². The summed E-state index contributed by atoms with van der Waals surface area (Å²) in [5.74, 6) is 0.386. The largest absolute Gasteiger partial charge is 0.497 e. The van der Waals surface area contributed by atoms with Crippen LogP contribution >= 0.6 is 0 Å². The van der Waals surface area contributed by atoms with E-state index in [0.29, 0.717) is 24.4 Å². The van der Waals surface area contributed by atoms with Gasteiger partial charge in [-0.25, -0.2) is 0 Å². The van der Waals surface area contributed by atoms with Crippen molar-refractivity contribution in [2.75, 3.05) is 20.2 Å². The summed E-state index contributed by atoms with van der Waals surface area (Å²) in [6, 6.07) is 16.8. The van der Waals surface area contributed by atoms with E-state index in [1.807, 2.05) is 36.4 Å². The van der Waals surface area contributed by atoms with Crippen LogP contribution < -0.4 is 10.5 Å². The Morgan fingerprint density at radius 2 is 1.89 bits per heavy atom. The highest BCUT2D eigenvalue weighted by atomic mass is 16.5. The molecular weight excluding hydrogens is 342 g/mol. The van der Waals surface area contributed by atoms with Crippen LogP contribution in [0.4, 0.5) is 0 Å². The number of ether oxygens (including phenoxy) is 1. The van der Waals surface area contributed by atoms with E-state index in [0.717, 1.165) is 16.5 Å². The van der Waals surface area contributed by atoms with Crippen molar-refractivity contribution in [2.45, 2.75) is 12.5 Å². The van der Waals surface area contributed by atoms with E-state index in [1.54, 1.807) is 30.2 Å². The number of hydrogen-bond donors (Lipinski definition) is 1. The van der Waals surface area contributed by atoms with Gasteiger partial charge in [-0.15, -0.1) is 0 Å². The molecule has 0 spiro atoms. The second kappa shape index (κ2) is 6.89. The number of nitrogens with two attached hydrogens (primary N) is 1. The van der Waals surface area contributed by atoms with Crippen molar-refractivity contribution in [2.24, 2.45) is 5.73 Å². The molecule has 4 rings (SSSR count). The number of amides is 1. The first-order chi connectivity index (χ1) is 13.1. The number of methoxy groups -OCH3 is 1. The average molecular weight is 363 g/mol. The molecule has 1 aliphatic heterocycles. The summed E-state index contributed by atoms with van der Waals surface area (Å²) >= 11 is 0. The van der Waals surface area contributed by atoms with Crippen LogP contribution in [0.2, 0.25) is 0 Å². The van der Waals surface area contributed by atoms with Crippen molar-refractivity contribution in [3.8, 4) is 5.75 Å². The van der Waals surface area contributed by atoms with Crippen molar-refractivity contribution in [1.29, 1.82) is 0 Å². The summed E-state index contributed by atoms with van der Waals surface area (Å²) in [6.45, 7) is 0.369. The maximum Gasteiger partial charge on any atom is 0.271 e. The van der Waals surface area contributed by atoms with Gasteiger partial charge in [-0.05, 0) is 36.2 Å². The van der Waals surface area contributed by atoms with Gasteiger partial charge in [0.15, 0.2) is 0 Å². The number of nitrogens with zero attached hydrogens (tertiary/aromatic N) is 2. The molecule has 27 heavy (non-hydrogen) atoms. The van der Waals surface area contributed by atoms with Crippen LogP contribution in [0.3, 0.4) is 0 Å². The Kier molecular flexibility index (Phi) is 4.41. The minimum absolute atomic E-state index is 0.0319. The van der Waals surface area contributed by atoms with E-state index < -0.39 is 0 Å². The Bertz CT molecular complexity index is 1010. The van der Waals surface area contributed by atoms with Crippen molar-refractivity contribution >= 4 is 22.7 Å². The first-order valence-electron chi connectivity index (χ1n) is 8.88. The third-order valence-electron chi connectivity index (χ3n) is 4.89. The summed E-state index contributed by atoms with van der Waals surface area (Å²) in [7, 11) is 1.59. The highest BCUT2D eigenvalue weighted by Gasteiger charge is 2.32. The lowest BCUT2D eigenvalue weighted by Gasteiger charge is -2.29. The van der Waals surface area contributed by atoms with E-state index in [4.69, 9.17) is 10.5 Å². The lowest BCUT2D eigenvalue weighted by molar-refractivity contribution is 0.0615. The second-order valence-electron chi connectivity index (χ2n) is 6.82. The van der Waals surface area contributed by atoms with E-state index in [-0.39, 0.29) is 24.4 Å². The number of hydrogen-bond acceptors (Lipinski definition) is 4. The fraction of sp³-hybridized carbons (Fsp3) is 0.238. The van der Waals surface area contributed by atoms with E-state index in [9.17, 15) is 9.59 Å². The molecule has 1 aromatic heterocycles. The van der Waals surface area contributed by atoms with Gasteiger partial charge < -0.3 is 15.4 Å². The smallest absolute Gasteiger partial charge is 0.271 e. The number of carbonyl (C=O) groups excluding carboxylic acids is 2. The Labute approximate surface area is 157 Å². The summed E-state index contributed by atoms with van der Waals surface area (Å²) < 4.78 is 6.73. The first-order valence-corrected chi connectivity index (χ1v) is 8.88. The zero-order valence-electron chi connectivity index (χ0n) is 15.1. The van der Waals surface area contributed by atoms with Crippen LogP contribution in [-0.4, -0.2) is 47.5 Å². The van der Waals surface area contributed by atoms with Gasteiger partial charge in [0.1, 0.15) is 18.0 Å². The average Bonchev–Trinajstić information content (AvgIpc) is 3.06. The molecule has 0 fully saturated rings. The minimum Gasteiger partial charge on any atom is -0.497 e. The molecule has 0 aliphatic carbocycles. The fourth-order valence-electron chi connectivity index (χ4n) is 3.63. The monoisotopic (exact) mass is 363 g/mol. The Hall–Kier alpha value is -3.12. The molecule has 0 unspecified atom stereocenters. The highest BCUT2D eigenvalue weighted by Crippen LogP contribution is 2.27. The highest BCUT2D eigenvalue weighted by molar-refractivity contribution is 6.09. The van der Waals surface area contributed by atoms with E-state index >= 15 is 0 Å². The summed E-state index contributed by atoms with van der Waals surface area (Å²) in [5.41, 5.74) is 8.46. The number of aromatic nitrogens is 1. The van der Waals surface area contributed by atoms with Crippen LogP contribution in [-0.2, 0) is 6.42 Å². The molecule has 2 heterocycles. The third kappa shape index (κ3) is 3.19. The van der Waals surface area contributed by atoms with Crippen LogP contribution in [0, 0.1) is 0 Å². The van der Waals surface area contributed by atoms with Crippen LogP contribution in [0.25, 0.3) is 10.9 Å². The van der Waals surface area contributed by atoms with Gasteiger partial charge in [-0.2, -0.15) is 0 Å². The van der Waals surface area contributed by atoms with Gasteiger partial charge in [-0.3, -0.25) is 14.2 Å². The molecule has 0 saturated carbocycles. The zero-order valence-corrected chi connectivity index (χ0v) is 15.1. The van der Waals surface area contributed by atoms with Gasteiger partial charge in [0.25, 0.3) is 11.8 Å². The second-order valence-corrected chi connectivity index (χ2v) is 6.82. The number of rotatable bonds is 5. The molecule has 2 N–H and O–H groups in total. The lowest BCUT2D eigenvalue weighted by atomic mass is 10.1. The molecule has 2 aromatic carbocycles. The topological polar surface area (TPSA) is 77.6 Å².